The van der Waals surface area contributed by atoms with Gasteiger partial charge in [-0.05, 0) is 57.5 Å². The lowest BCUT2D eigenvalue weighted by Gasteiger charge is -2.08. The van der Waals surface area contributed by atoms with Crippen molar-refractivity contribution >= 4 is 33.4 Å². The van der Waals surface area contributed by atoms with Crippen molar-refractivity contribution in [3.63, 3.8) is 0 Å². The number of fused-ring (bicyclic) bond motifs is 2. The lowest BCUT2D eigenvalue weighted by molar-refractivity contribution is 0.104. The van der Waals surface area contributed by atoms with Crippen LogP contribution >= 0.6 is 0 Å². The number of allylic oxidation sites excluding steroid dienone is 1. The van der Waals surface area contributed by atoms with Gasteiger partial charge in [0.05, 0.1) is 0 Å². The van der Waals surface area contributed by atoms with Crippen molar-refractivity contribution < 1.29 is 4.79 Å². The molecule has 0 aliphatic carbocycles. The molecule has 0 saturated carbocycles. The highest BCUT2D eigenvalue weighted by atomic mass is 16.1. The normalized spacial score (nSPS) is 11.3. The third-order valence-electron chi connectivity index (χ3n) is 4.18. The topological polar surface area (TPSA) is 30.0 Å². The molecule has 0 aliphatic rings. The van der Waals surface area contributed by atoms with Gasteiger partial charge in [-0.25, -0.2) is 0 Å². The summed E-state index contributed by atoms with van der Waals surface area (Å²) >= 11 is 0. The molecule has 0 spiro atoms. The number of benzene rings is 3. The highest BCUT2D eigenvalue weighted by Crippen LogP contribution is 2.29. The first kappa shape index (κ1) is 14.3. The molecule has 2 heteroatoms. The first-order chi connectivity index (χ1) is 11.8. The number of ketones is 1. The van der Waals surface area contributed by atoms with Gasteiger partial charge in [-0.1, -0.05) is 48.5 Å². The Hall–Kier alpha value is -3.26. The third kappa shape index (κ3) is 2.59. The Labute approximate surface area is 140 Å². The summed E-state index contributed by atoms with van der Waals surface area (Å²) < 4.78 is 0. The molecule has 114 valence electrons. The van der Waals surface area contributed by atoms with Gasteiger partial charge in [-0.2, -0.15) is 0 Å². The van der Waals surface area contributed by atoms with Crippen LogP contribution in [0.15, 0.2) is 85.2 Å². The van der Waals surface area contributed by atoms with Crippen molar-refractivity contribution in [2.75, 3.05) is 0 Å². The SMILES string of the molecule is O=C(/C=C\c1c2ccccc2cc2ccccc12)c1ccncc1. The molecule has 0 N–H and O–H groups in total. The Bertz CT molecular complexity index is 1010. The van der Waals surface area contributed by atoms with Gasteiger partial charge in [0.2, 0.25) is 0 Å². The molecule has 4 aromatic rings. The van der Waals surface area contributed by atoms with Gasteiger partial charge in [0.25, 0.3) is 0 Å². The lowest BCUT2D eigenvalue weighted by Crippen LogP contribution is -1.94. The smallest absolute Gasteiger partial charge is 0.185 e. The summed E-state index contributed by atoms with van der Waals surface area (Å²) in [4.78, 5) is 16.3. The summed E-state index contributed by atoms with van der Waals surface area (Å²) in [5.74, 6) is -0.0191. The Morgan fingerprint density at radius 1 is 0.792 bits per heavy atom. The second kappa shape index (κ2) is 6.09. The van der Waals surface area contributed by atoms with Gasteiger partial charge >= 0.3 is 0 Å². The van der Waals surface area contributed by atoms with E-state index in [1.54, 1.807) is 30.6 Å². The maximum absolute atomic E-state index is 12.4. The minimum atomic E-state index is -0.0191. The molecule has 24 heavy (non-hydrogen) atoms. The van der Waals surface area contributed by atoms with Crippen molar-refractivity contribution in [2.45, 2.75) is 0 Å². The summed E-state index contributed by atoms with van der Waals surface area (Å²) in [7, 11) is 0. The van der Waals surface area contributed by atoms with Crippen LogP contribution < -0.4 is 0 Å². The molecule has 0 unspecified atom stereocenters. The summed E-state index contributed by atoms with van der Waals surface area (Å²) in [5, 5.41) is 4.64. The van der Waals surface area contributed by atoms with E-state index in [0.29, 0.717) is 5.56 Å². The Balaban J connectivity index is 1.88. The minimum Gasteiger partial charge on any atom is -0.289 e. The number of rotatable bonds is 3. The molecule has 0 aliphatic heterocycles. The molecule has 0 fully saturated rings. The molecule has 1 aromatic heterocycles. The predicted octanol–water partition coefficient (Wildman–Crippen LogP) is 5.28. The molecule has 0 saturated heterocycles. The highest BCUT2D eigenvalue weighted by molar-refractivity contribution is 6.11. The van der Waals surface area contributed by atoms with Gasteiger partial charge in [-0.3, -0.25) is 9.78 Å². The van der Waals surface area contributed by atoms with E-state index < -0.39 is 0 Å². The van der Waals surface area contributed by atoms with Crippen molar-refractivity contribution in [1.82, 2.24) is 4.98 Å². The highest BCUT2D eigenvalue weighted by Gasteiger charge is 2.06. The average Bonchev–Trinajstić information content (AvgIpc) is 2.65. The number of aromatic nitrogens is 1. The maximum Gasteiger partial charge on any atom is 0.185 e. The first-order valence-corrected chi connectivity index (χ1v) is 7.86. The van der Waals surface area contributed by atoms with E-state index in [4.69, 9.17) is 0 Å². The first-order valence-electron chi connectivity index (χ1n) is 7.86. The molecule has 4 rings (SSSR count). The zero-order chi connectivity index (χ0) is 16.4. The predicted molar refractivity (Wildman–Crippen MR) is 99.1 cm³/mol. The van der Waals surface area contributed by atoms with Gasteiger partial charge in [0, 0.05) is 18.0 Å². The number of carbonyl (C=O) groups is 1. The van der Waals surface area contributed by atoms with Crippen molar-refractivity contribution in [2.24, 2.45) is 0 Å². The molecule has 0 radical (unpaired) electrons. The molecular weight excluding hydrogens is 294 g/mol. The standard InChI is InChI=1S/C22H15NO/c24-22(16-11-13-23-14-12-16)10-9-21-19-7-3-1-5-17(19)15-18-6-2-4-8-20(18)21/h1-15H/b10-9-. The molecule has 3 aromatic carbocycles. The molecular formula is C22H15NO. The fourth-order valence-electron chi connectivity index (χ4n) is 3.00. The monoisotopic (exact) mass is 309 g/mol. The van der Waals surface area contributed by atoms with Gasteiger partial charge in [-0.15, -0.1) is 0 Å². The number of hydrogen-bond donors (Lipinski definition) is 0. The lowest BCUT2D eigenvalue weighted by atomic mass is 9.96. The molecule has 0 amide bonds. The minimum absolute atomic E-state index is 0.0191. The second-order valence-corrected chi connectivity index (χ2v) is 5.67. The molecule has 1 heterocycles. The summed E-state index contributed by atoms with van der Waals surface area (Å²) in [5.41, 5.74) is 1.72. The number of pyridine rings is 1. The van der Waals surface area contributed by atoms with E-state index in [1.165, 1.54) is 10.8 Å². The largest absolute Gasteiger partial charge is 0.289 e. The van der Waals surface area contributed by atoms with E-state index in [1.807, 2.05) is 30.3 Å². The summed E-state index contributed by atoms with van der Waals surface area (Å²) in [6.07, 6.45) is 6.83. The molecule has 0 bridgehead atoms. The quantitative estimate of drug-likeness (QED) is 0.292. The van der Waals surface area contributed by atoms with Crippen LogP contribution in [0.4, 0.5) is 0 Å². The van der Waals surface area contributed by atoms with E-state index in [2.05, 4.69) is 35.3 Å². The van der Waals surface area contributed by atoms with E-state index in [9.17, 15) is 4.79 Å². The number of hydrogen-bond acceptors (Lipinski definition) is 2. The summed E-state index contributed by atoms with van der Waals surface area (Å²) in [6, 6.07) is 22.2. The number of carbonyl (C=O) groups excluding carboxylic acids is 1. The fraction of sp³-hybridized carbons (Fsp3) is 0. The summed E-state index contributed by atoms with van der Waals surface area (Å²) in [6.45, 7) is 0. The zero-order valence-electron chi connectivity index (χ0n) is 13.0. The molecule has 0 atom stereocenters. The van der Waals surface area contributed by atoms with Crippen molar-refractivity contribution in [3.05, 3.63) is 96.3 Å². The van der Waals surface area contributed by atoms with E-state index in [0.717, 1.165) is 16.3 Å². The van der Waals surface area contributed by atoms with Crippen LogP contribution in [0.1, 0.15) is 15.9 Å². The van der Waals surface area contributed by atoms with Gasteiger partial charge in [0.1, 0.15) is 0 Å². The Morgan fingerprint density at radius 2 is 1.38 bits per heavy atom. The van der Waals surface area contributed by atoms with Crippen LogP contribution in [0.3, 0.4) is 0 Å². The van der Waals surface area contributed by atoms with Crippen molar-refractivity contribution in [1.29, 1.82) is 0 Å². The average molecular weight is 309 g/mol. The third-order valence-corrected chi connectivity index (χ3v) is 4.18. The Kier molecular flexibility index (Phi) is 3.64. The Morgan fingerprint density at radius 3 is 2.00 bits per heavy atom. The van der Waals surface area contributed by atoms with Crippen LogP contribution in [0.25, 0.3) is 27.6 Å². The van der Waals surface area contributed by atoms with Gasteiger partial charge in [0.15, 0.2) is 5.78 Å². The van der Waals surface area contributed by atoms with Gasteiger partial charge < -0.3 is 0 Å². The van der Waals surface area contributed by atoms with Crippen molar-refractivity contribution in [3.8, 4) is 0 Å². The van der Waals surface area contributed by atoms with E-state index in [-0.39, 0.29) is 5.78 Å². The van der Waals surface area contributed by atoms with Crippen LogP contribution in [0, 0.1) is 0 Å². The number of nitrogens with zero attached hydrogens (tertiary/aromatic N) is 1. The van der Waals surface area contributed by atoms with Crippen LogP contribution in [-0.2, 0) is 0 Å². The van der Waals surface area contributed by atoms with Crippen LogP contribution in [0.5, 0.6) is 0 Å². The molecule has 2 nitrogen and oxygen atoms in total. The second-order valence-electron chi connectivity index (χ2n) is 5.67. The van der Waals surface area contributed by atoms with E-state index >= 15 is 0 Å². The zero-order valence-corrected chi connectivity index (χ0v) is 13.0. The fourth-order valence-corrected chi connectivity index (χ4v) is 3.00. The maximum atomic E-state index is 12.4. The van der Waals surface area contributed by atoms with Crippen LogP contribution in [0.2, 0.25) is 0 Å². The van der Waals surface area contributed by atoms with Crippen LogP contribution in [-0.4, -0.2) is 10.8 Å².